The van der Waals surface area contributed by atoms with Gasteiger partial charge in [0.05, 0.1) is 11.4 Å². The van der Waals surface area contributed by atoms with Gasteiger partial charge >= 0.3 is 17.1 Å². The zero-order valence-corrected chi connectivity index (χ0v) is 19.7. The van der Waals surface area contributed by atoms with Crippen molar-refractivity contribution in [3.8, 4) is 11.5 Å². The van der Waals surface area contributed by atoms with Gasteiger partial charge in [-0.15, -0.1) is 0 Å². The van der Waals surface area contributed by atoms with E-state index in [1.807, 2.05) is 60.7 Å². The molecule has 1 radical (unpaired) electrons. The maximum Gasteiger partial charge on any atom is 2.00 e. The van der Waals surface area contributed by atoms with Gasteiger partial charge in [-0.2, -0.15) is 0 Å². The second-order valence-corrected chi connectivity index (χ2v) is 7.63. The molecule has 165 valence electrons. The number of halogens is 1. The van der Waals surface area contributed by atoms with Crippen LogP contribution in [0.3, 0.4) is 0 Å². The quantitative estimate of drug-likeness (QED) is 0.477. The van der Waals surface area contributed by atoms with Gasteiger partial charge < -0.3 is 22.6 Å². The van der Waals surface area contributed by atoms with E-state index in [1.165, 1.54) is 0 Å². The molecule has 0 unspecified atom stereocenters. The number of fused-ring (bicyclic) bond motifs is 5. The summed E-state index contributed by atoms with van der Waals surface area (Å²) in [5.74, 6) is 0.617. The fourth-order valence-corrected chi connectivity index (χ4v) is 3.78. The summed E-state index contributed by atoms with van der Waals surface area (Å²) in [6, 6.07) is 19.2. The van der Waals surface area contributed by atoms with E-state index in [0.717, 1.165) is 49.7 Å². The molecule has 32 heavy (non-hydrogen) atoms. The Morgan fingerprint density at radius 2 is 1.00 bits per heavy atom. The SMILES string of the molecule is Oc1c2cccc1CCCCCCc1cccc(c1O)C=Nc1ccccc1N=C2.[Cl-].[Mn+2]. The number of rotatable bonds is 0. The molecule has 4 nitrogen and oxygen atoms in total. The minimum absolute atomic E-state index is 0. The Labute approximate surface area is 206 Å². The summed E-state index contributed by atoms with van der Waals surface area (Å²) >= 11 is 0. The van der Waals surface area contributed by atoms with Crippen molar-refractivity contribution >= 4 is 23.8 Å². The fraction of sp³-hybridized carbons (Fsp3) is 0.231. The molecule has 6 heteroatoms. The molecule has 3 aromatic rings. The summed E-state index contributed by atoms with van der Waals surface area (Å²) in [5.41, 5.74) is 4.73. The molecule has 0 aliphatic carbocycles. The van der Waals surface area contributed by atoms with E-state index in [4.69, 9.17) is 0 Å². The van der Waals surface area contributed by atoms with Crippen LogP contribution in [0.1, 0.15) is 47.9 Å². The van der Waals surface area contributed by atoms with Crippen LogP contribution in [0.5, 0.6) is 11.5 Å². The summed E-state index contributed by atoms with van der Waals surface area (Å²) in [5, 5.41) is 21.3. The summed E-state index contributed by atoms with van der Waals surface area (Å²) in [4.78, 5) is 9.15. The largest absolute Gasteiger partial charge is 2.00 e. The third-order valence-corrected chi connectivity index (χ3v) is 5.51. The molecule has 1 aliphatic heterocycles. The predicted octanol–water partition coefficient (Wildman–Crippen LogP) is 3.26. The molecule has 0 amide bonds. The maximum absolute atomic E-state index is 10.7. The van der Waals surface area contributed by atoms with Crippen molar-refractivity contribution in [3.05, 3.63) is 82.9 Å². The van der Waals surface area contributed by atoms with Crippen molar-refractivity contribution in [2.24, 2.45) is 9.98 Å². The van der Waals surface area contributed by atoms with Crippen LogP contribution >= 0.6 is 0 Å². The number of para-hydroxylation sites is 4. The van der Waals surface area contributed by atoms with Crippen molar-refractivity contribution in [2.75, 3.05) is 0 Å². The molecule has 1 aliphatic rings. The first-order chi connectivity index (χ1) is 14.7. The Hall–Kier alpha value is -2.59. The molecular weight excluding hydrogens is 463 g/mol. The first-order valence-electron chi connectivity index (χ1n) is 10.5. The van der Waals surface area contributed by atoms with E-state index in [-0.39, 0.29) is 29.5 Å². The van der Waals surface area contributed by atoms with Gasteiger partial charge in [0.15, 0.2) is 0 Å². The number of benzene rings is 3. The average molecular weight is 489 g/mol. The number of phenols is 2. The van der Waals surface area contributed by atoms with Gasteiger partial charge in [0.2, 0.25) is 0 Å². The number of aromatic hydroxyl groups is 2. The Balaban J connectivity index is 0.00000181. The molecule has 0 aromatic heterocycles. The zero-order chi connectivity index (χ0) is 20.8. The van der Waals surface area contributed by atoms with E-state index in [1.54, 1.807) is 12.4 Å². The summed E-state index contributed by atoms with van der Waals surface area (Å²) in [6.07, 6.45) is 9.29. The van der Waals surface area contributed by atoms with E-state index < -0.39 is 0 Å². The van der Waals surface area contributed by atoms with Gasteiger partial charge in [-0.25, -0.2) is 0 Å². The van der Waals surface area contributed by atoms with Gasteiger partial charge in [-0.05, 0) is 61.1 Å². The van der Waals surface area contributed by atoms with Crippen LogP contribution < -0.4 is 12.4 Å². The van der Waals surface area contributed by atoms with Crippen molar-refractivity contribution in [1.29, 1.82) is 0 Å². The van der Waals surface area contributed by atoms with Crippen molar-refractivity contribution in [3.63, 3.8) is 0 Å². The molecule has 3 aromatic carbocycles. The monoisotopic (exact) mass is 488 g/mol. The second-order valence-electron chi connectivity index (χ2n) is 7.63. The predicted molar refractivity (Wildman–Crippen MR) is 123 cm³/mol. The summed E-state index contributed by atoms with van der Waals surface area (Å²) in [6.45, 7) is 0. The minimum atomic E-state index is 0. The van der Waals surface area contributed by atoms with Gasteiger partial charge in [0.25, 0.3) is 0 Å². The van der Waals surface area contributed by atoms with Crippen molar-refractivity contribution in [1.82, 2.24) is 0 Å². The van der Waals surface area contributed by atoms with Gasteiger partial charge in [0, 0.05) is 23.6 Å². The number of hydrogen-bond donors (Lipinski definition) is 2. The number of phenolic OH excluding ortho intramolecular Hbond substituents is 2. The average Bonchev–Trinajstić information content (AvgIpc) is 2.76. The third kappa shape index (κ3) is 6.23. The first kappa shape index (κ1) is 25.7. The molecule has 4 rings (SSSR count). The normalized spacial score (nSPS) is 13.6. The number of hydrogen-bond acceptors (Lipinski definition) is 4. The van der Waals surface area contributed by atoms with Crippen LogP contribution in [0.15, 0.2) is 70.6 Å². The van der Waals surface area contributed by atoms with Crippen LogP contribution in [-0.4, -0.2) is 22.6 Å². The van der Waals surface area contributed by atoms with E-state index >= 15 is 0 Å². The molecule has 0 fully saturated rings. The van der Waals surface area contributed by atoms with Crippen LogP contribution in [0, 0.1) is 0 Å². The van der Waals surface area contributed by atoms with Gasteiger partial charge in [-0.1, -0.05) is 49.2 Å². The van der Waals surface area contributed by atoms with Gasteiger partial charge in [0.1, 0.15) is 11.5 Å². The molecule has 4 bridgehead atoms. The number of aryl methyl sites for hydroxylation is 2. The Kier molecular flexibility index (Phi) is 9.98. The van der Waals surface area contributed by atoms with Crippen LogP contribution in [-0.2, 0) is 29.9 Å². The molecule has 0 saturated heterocycles. The molecular formula is C26H26ClMnN2O2+. The van der Waals surface area contributed by atoms with E-state index in [2.05, 4.69) is 9.98 Å². The minimum Gasteiger partial charge on any atom is -1.00 e. The van der Waals surface area contributed by atoms with Crippen molar-refractivity contribution in [2.45, 2.75) is 38.5 Å². The summed E-state index contributed by atoms with van der Waals surface area (Å²) < 4.78 is 0. The Morgan fingerprint density at radius 3 is 1.44 bits per heavy atom. The molecule has 0 spiro atoms. The molecule has 0 saturated carbocycles. The molecule has 2 N–H and O–H groups in total. The van der Waals surface area contributed by atoms with Gasteiger partial charge in [-0.3, -0.25) is 9.98 Å². The molecule has 0 atom stereocenters. The zero-order valence-electron chi connectivity index (χ0n) is 17.7. The van der Waals surface area contributed by atoms with Crippen molar-refractivity contribution < 1.29 is 39.7 Å². The summed E-state index contributed by atoms with van der Waals surface area (Å²) in [7, 11) is 0. The van der Waals surface area contributed by atoms with E-state index in [0.29, 0.717) is 34.0 Å². The number of nitrogens with zero attached hydrogens (tertiary/aromatic N) is 2. The standard InChI is InChI=1S/C26H26N2O2.ClH.Mn/c29-25-19-9-3-1-2-4-10-20-12-8-14-22(26(20)30)18-28-24-16-6-5-15-23(24)27-17-21(25)13-7-11-19;;/h5-8,11-18,29-30H,1-4,9-10H2;1H;/q;;+2/p-1. The third-order valence-electron chi connectivity index (χ3n) is 5.51. The topological polar surface area (TPSA) is 65.2 Å². The fourth-order valence-electron chi connectivity index (χ4n) is 3.78. The Morgan fingerprint density at radius 1 is 0.562 bits per heavy atom. The first-order valence-corrected chi connectivity index (χ1v) is 10.5. The smallest absolute Gasteiger partial charge is 1.00 e. The molecule has 1 heterocycles. The van der Waals surface area contributed by atoms with Crippen LogP contribution in [0.4, 0.5) is 11.4 Å². The Bertz CT molecular complexity index is 1010. The van der Waals surface area contributed by atoms with Crippen LogP contribution in [0.2, 0.25) is 0 Å². The van der Waals surface area contributed by atoms with E-state index in [9.17, 15) is 10.2 Å². The second kappa shape index (κ2) is 12.4. The number of aliphatic imine (C=N–C) groups is 2. The van der Waals surface area contributed by atoms with Crippen LogP contribution in [0.25, 0.3) is 0 Å². The maximum atomic E-state index is 10.7.